The molecule has 0 bridgehead atoms. The van der Waals surface area contributed by atoms with Crippen LogP contribution in [0.3, 0.4) is 0 Å². The SMILES string of the molecule is Cc1ccc(S(C)(=O)=O)cc1C(=O)NC1(CC(=O)O)CCCC1. The Hall–Kier alpha value is -1.89. The van der Waals surface area contributed by atoms with Gasteiger partial charge in [0.15, 0.2) is 9.84 Å². The van der Waals surface area contributed by atoms with Crippen molar-refractivity contribution in [3.63, 3.8) is 0 Å². The maximum Gasteiger partial charge on any atom is 0.305 e. The molecule has 0 unspecified atom stereocenters. The van der Waals surface area contributed by atoms with Gasteiger partial charge < -0.3 is 10.4 Å². The molecule has 1 aliphatic carbocycles. The monoisotopic (exact) mass is 339 g/mol. The summed E-state index contributed by atoms with van der Waals surface area (Å²) in [6.45, 7) is 1.72. The molecule has 0 aliphatic heterocycles. The second-order valence-electron chi connectivity index (χ2n) is 6.26. The number of carbonyl (C=O) groups excluding carboxylic acids is 1. The Morgan fingerprint density at radius 3 is 2.39 bits per heavy atom. The molecule has 0 atom stereocenters. The minimum atomic E-state index is -3.41. The molecule has 1 saturated carbocycles. The zero-order valence-electron chi connectivity index (χ0n) is 13.3. The number of benzene rings is 1. The standard InChI is InChI=1S/C16H21NO5S/c1-11-5-6-12(23(2,21)22)9-13(11)15(20)17-16(10-14(18)19)7-3-4-8-16/h5-6,9H,3-4,7-8,10H2,1-2H3,(H,17,20)(H,18,19). The quantitative estimate of drug-likeness (QED) is 0.853. The number of rotatable bonds is 5. The van der Waals surface area contributed by atoms with Crippen LogP contribution in [0, 0.1) is 6.92 Å². The summed E-state index contributed by atoms with van der Waals surface area (Å²) in [7, 11) is -3.41. The highest BCUT2D eigenvalue weighted by Gasteiger charge is 2.37. The van der Waals surface area contributed by atoms with Gasteiger partial charge in [0.1, 0.15) is 0 Å². The molecule has 2 N–H and O–H groups in total. The lowest BCUT2D eigenvalue weighted by molar-refractivity contribution is -0.138. The number of carboxylic acid groups (broad SMARTS) is 1. The molecule has 1 aromatic carbocycles. The number of nitrogens with one attached hydrogen (secondary N) is 1. The van der Waals surface area contributed by atoms with E-state index in [9.17, 15) is 18.0 Å². The van der Waals surface area contributed by atoms with Gasteiger partial charge in [-0.2, -0.15) is 0 Å². The first-order valence-corrected chi connectivity index (χ1v) is 9.37. The Labute approximate surface area is 135 Å². The normalized spacial score (nSPS) is 17.0. The molecule has 0 radical (unpaired) electrons. The molecule has 0 saturated heterocycles. The van der Waals surface area contributed by atoms with Crippen LogP contribution in [0.2, 0.25) is 0 Å². The molecule has 2 rings (SSSR count). The van der Waals surface area contributed by atoms with E-state index in [4.69, 9.17) is 5.11 Å². The van der Waals surface area contributed by atoms with Crippen LogP contribution in [0.25, 0.3) is 0 Å². The number of aryl methyl sites for hydroxylation is 1. The van der Waals surface area contributed by atoms with Crippen molar-refractivity contribution in [2.75, 3.05) is 6.26 Å². The van der Waals surface area contributed by atoms with E-state index in [1.54, 1.807) is 13.0 Å². The van der Waals surface area contributed by atoms with Crippen LogP contribution in [0.15, 0.2) is 23.1 Å². The van der Waals surface area contributed by atoms with Crippen LogP contribution in [-0.4, -0.2) is 37.2 Å². The summed E-state index contributed by atoms with van der Waals surface area (Å²) in [5, 5.41) is 11.9. The fourth-order valence-corrected chi connectivity index (χ4v) is 3.72. The van der Waals surface area contributed by atoms with Gasteiger partial charge in [0.05, 0.1) is 16.9 Å². The third-order valence-electron chi connectivity index (χ3n) is 4.31. The number of hydrogen-bond donors (Lipinski definition) is 2. The Balaban J connectivity index is 2.31. The molecule has 1 aromatic rings. The van der Waals surface area contributed by atoms with Crippen molar-refractivity contribution in [3.05, 3.63) is 29.3 Å². The van der Waals surface area contributed by atoms with E-state index < -0.39 is 27.3 Å². The highest BCUT2D eigenvalue weighted by Crippen LogP contribution is 2.33. The smallest absolute Gasteiger partial charge is 0.305 e. The van der Waals surface area contributed by atoms with Crippen molar-refractivity contribution in [2.45, 2.75) is 49.5 Å². The molecule has 0 aromatic heterocycles. The van der Waals surface area contributed by atoms with Crippen LogP contribution in [0.5, 0.6) is 0 Å². The van der Waals surface area contributed by atoms with Crippen molar-refractivity contribution < 1.29 is 23.1 Å². The van der Waals surface area contributed by atoms with E-state index in [0.29, 0.717) is 18.4 Å². The van der Waals surface area contributed by atoms with Crippen molar-refractivity contribution in [2.24, 2.45) is 0 Å². The van der Waals surface area contributed by atoms with Gasteiger partial charge in [-0.25, -0.2) is 8.42 Å². The van der Waals surface area contributed by atoms with E-state index in [1.165, 1.54) is 12.1 Å². The molecule has 6 nitrogen and oxygen atoms in total. The largest absolute Gasteiger partial charge is 0.481 e. The van der Waals surface area contributed by atoms with Crippen molar-refractivity contribution in [3.8, 4) is 0 Å². The third-order valence-corrected chi connectivity index (χ3v) is 5.42. The minimum Gasteiger partial charge on any atom is -0.481 e. The van der Waals surface area contributed by atoms with Gasteiger partial charge in [-0.3, -0.25) is 9.59 Å². The topological polar surface area (TPSA) is 101 Å². The second-order valence-corrected chi connectivity index (χ2v) is 8.28. The van der Waals surface area contributed by atoms with Gasteiger partial charge in [0.2, 0.25) is 0 Å². The molecular formula is C16H21NO5S. The van der Waals surface area contributed by atoms with Crippen LogP contribution in [-0.2, 0) is 14.6 Å². The first kappa shape index (κ1) is 17.5. The Kier molecular flexibility index (Phi) is 4.79. The Morgan fingerprint density at radius 2 is 1.87 bits per heavy atom. The predicted molar refractivity (Wildman–Crippen MR) is 85.2 cm³/mol. The molecule has 0 spiro atoms. The molecule has 1 amide bonds. The number of amides is 1. The summed E-state index contributed by atoms with van der Waals surface area (Å²) >= 11 is 0. The van der Waals surface area contributed by atoms with E-state index in [2.05, 4.69) is 5.32 Å². The predicted octanol–water partition coefficient (Wildman–Crippen LogP) is 1.92. The first-order valence-electron chi connectivity index (χ1n) is 7.48. The number of hydrogen-bond acceptors (Lipinski definition) is 4. The van der Waals surface area contributed by atoms with Crippen molar-refractivity contribution >= 4 is 21.7 Å². The number of sulfone groups is 1. The summed E-state index contributed by atoms with van der Waals surface area (Å²) in [4.78, 5) is 23.8. The highest BCUT2D eigenvalue weighted by molar-refractivity contribution is 7.90. The zero-order chi connectivity index (χ0) is 17.3. The molecule has 23 heavy (non-hydrogen) atoms. The maximum absolute atomic E-state index is 12.6. The summed E-state index contributed by atoms with van der Waals surface area (Å²) in [6, 6.07) is 4.40. The molecular weight excluding hydrogens is 318 g/mol. The summed E-state index contributed by atoms with van der Waals surface area (Å²) in [6.07, 6.45) is 3.95. The second kappa shape index (κ2) is 6.31. The van der Waals surface area contributed by atoms with Gasteiger partial charge in [0, 0.05) is 11.8 Å². The molecule has 0 heterocycles. The van der Waals surface area contributed by atoms with Crippen LogP contribution in [0.4, 0.5) is 0 Å². The van der Waals surface area contributed by atoms with Crippen LogP contribution < -0.4 is 5.32 Å². The van der Waals surface area contributed by atoms with Gasteiger partial charge in [-0.1, -0.05) is 18.9 Å². The van der Waals surface area contributed by atoms with E-state index in [1.807, 2.05) is 0 Å². The Bertz CT molecular complexity index is 733. The van der Waals surface area contributed by atoms with E-state index >= 15 is 0 Å². The van der Waals surface area contributed by atoms with Crippen LogP contribution in [0.1, 0.15) is 48.0 Å². The van der Waals surface area contributed by atoms with Gasteiger partial charge in [-0.05, 0) is 37.5 Å². The molecule has 7 heteroatoms. The van der Waals surface area contributed by atoms with Gasteiger partial charge in [-0.15, -0.1) is 0 Å². The van der Waals surface area contributed by atoms with E-state index in [-0.39, 0.29) is 16.9 Å². The average Bonchev–Trinajstić information content (AvgIpc) is 2.84. The van der Waals surface area contributed by atoms with Gasteiger partial charge >= 0.3 is 5.97 Å². The number of carboxylic acids is 1. The first-order chi connectivity index (χ1) is 10.6. The Morgan fingerprint density at radius 1 is 1.26 bits per heavy atom. The zero-order valence-corrected chi connectivity index (χ0v) is 14.1. The molecule has 1 fully saturated rings. The summed E-state index contributed by atoms with van der Waals surface area (Å²) in [5.41, 5.74) is 0.180. The van der Waals surface area contributed by atoms with Crippen LogP contribution >= 0.6 is 0 Å². The maximum atomic E-state index is 12.6. The van der Waals surface area contributed by atoms with E-state index in [0.717, 1.165) is 19.1 Å². The minimum absolute atomic E-state index is 0.0759. The lowest BCUT2D eigenvalue weighted by atomic mass is 9.92. The van der Waals surface area contributed by atoms with Crippen molar-refractivity contribution in [1.82, 2.24) is 5.32 Å². The lowest BCUT2D eigenvalue weighted by Crippen LogP contribution is -2.48. The number of aliphatic carboxylic acids is 1. The number of carbonyl (C=O) groups is 2. The fraction of sp³-hybridized carbons (Fsp3) is 0.500. The highest BCUT2D eigenvalue weighted by atomic mass is 32.2. The molecule has 126 valence electrons. The van der Waals surface area contributed by atoms with Crippen molar-refractivity contribution in [1.29, 1.82) is 0 Å². The summed E-state index contributed by atoms with van der Waals surface area (Å²) in [5.74, 6) is -1.37. The summed E-state index contributed by atoms with van der Waals surface area (Å²) < 4.78 is 23.3. The third kappa shape index (κ3) is 4.10. The van der Waals surface area contributed by atoms with Gasteiger partial charge in [0.25, 0.3) is 5.91 Å². The average molecular weight is 339 g/mol. The lowest BCUT2D eigenvalue weighted by Gasteiger charge is -2.29. The fourth-order valence-electron chi connectivity index (χ4n) is 3.07. The molecule has 1 aliphatic rings.